The number of ether oxygens (including phenoxy) is 1. The van der Waals surface area contributed by atoms with Crippen LogP contribution in [0.5, 0.6) is 0 Å². The second kappa shape index (κ2) is 5.33. The number of benzene rings is 1. The SMILES string of the molecule is CC(C)(C)OC(=O)n1c(B(O)O)cc2cc(Cl)c(F)cc21. The number of halogens is 2. The average molecular weight is 314 g/mol. The highest BCUT2D eigenvalue weighted by Gasteiger charge is 2.27. The predicted molar refractivity (Wildman–Crippen MR) is 78.4 cm³/mol. The number of hydrogen-bond acceptors (Lipinski definition) is 4. The van der Waals surface area contributed by atoms with Gasteiger partial charge in [-0.2, -0.15) is 0 Å². The second-order valence-corrected chi connectivity index (χ2v) is 5.99. The lowest BCUT2D eigenvalue weighted by molar-refractivity contribution is 0.0547. The van der Waals surface area contributed by atoms with E-state index in [0.29, 0.717) is 5.39 Å². The largest absolute Gasteiger partial charge is 0.506 e. The fourth-order valence-electron chi connectivity index (χ4n) is 1.93. The first-order valence-electron chi connectivity index (χ1n) is 6.20. The standard InChI is InChI=1S/C13H14BClFNO4/c1-13(2,3)21-12(18)17-10-6-9(16)8(15)4-7(10)5-11(17)14(19)20/h4-6,19-20H,1-3H3. The number of carbonyl (C=O) groups is 1. The topological polar surface area (TPSA) is 71.7 Å². The van der Waals surface area contributed by atoms with E-state index >= 15 is 0 Å². The summed E-state index contributed by atoms with van der Waals surface area (Å²) in [6.45, 7) is 5.01. The molecule has 2 N–H and O–H groups in total. The van der Waals surface area contributed by atoms with Crippen LogP contribution in [0.3, 0.4) is 0 Å². The van der Waals surface area contributed by atoms with Crippen LogP contribution in [-0.4, -0.2) is 33.4 Å². The number of aromatic nitrogens is 1. The Bertz CT molecular complexity index is 708. The first-order valence-corrected chi connectivity index (χ1v) is 6.58. The minimum absolute atomic E-state index is 0.122. The monoisotopic (exact) mass is 313 g/mol. The Morgan fingerprint density at radius 3 is 2.48 bits per heavy atom. The number of rotatable bonds is 1. The number of fused-ring (bicyclic) bond motifs is 1. The molecule has 2 rings (SSSR count). The molecule has 0 saturated carbocycles. The van der Waals surface area contributed by atoms with Gasteiger partial charge in [0.05, 0.1) is 16.1 Å². The van der Waals surface area contributed by atoms with Gasteiger partial charge in [-0.3, -0.25) is 4.57 Å². The number of carbonyl (C=O) groups excluding carboxylic acids is 1. The maximum Gasteiger partial charge on any atom is 0.506 e. The van der Waals surface area contributed by atoms with Gasteiger partial charge in [0.25, 0.3) is 0 Å². The average Bonchev–Trinajstić information content (AvgIpc) is 2.66. The highest BCUT2D eigenvalue weighted by molar-refractivity contribution is 6.59. The highest BCUT2D eigenvalue weighted by atomic mass is 35.5. The van der Waals surface area contributed by atoms with E-state index < -0.39 is 24.6 Å². The Morgan fingerprint density at radius 1 is 1.33 bits per heavy atom. The van der Waals surface area contributed by atoms with E-state index in [2.05, 4.69) is 0 Å². The Balaban J connectivity index is 2.66. The summed E-state index contributed by atoms with van der Waals surface area (Å²) in [6, 6.07) is 3.70. The Kier molecular flexibility index (Phi) is 4.01. The Morgan fingerprint density at radius 2 is 1.95 bits per heavy atom. The molecule has 0 radical (unpaired) electrons. The lowest BCUT2D eigenvalue weighted by atomic mass is 9.86. The molecule has 0 bridgehead atoms. The molecule has 0 spiro atoms. The van der Waals surface area contributed by atoms with Crippen molar-refractivity contribution >= 4 is 41.3 Å². The molecule has 1 heterocycles. The third-order valence-electron chi connectivity index (χ3n) is 2.71. The smallest absolute Gasteiger partial charge is 0.443 e. The number of nitrogens with zero attached hydrogens (tertiary/aromatic N) is 1. The zero-order valence-electron chi connectivity index (χ0n) is 11.7. The molecule has 0 aliphatic carbocycles. The summed E-state index contributed by atoms with van der Waals surface area (Å²) in [5, 5.41) is 19.1. The van der Waals surface area contributed by atoms with Crippen molar-refractivity contribution in [1.29, 1.82) is 0 Å². The van der Waals surface area contributed by atoms with Crippen molar-refractivity contribution in [3.63, 3.8) is 0 Å². The minimum Gasteiger partial charge on any atom is -0.443 e. The Labute approximate surface area is 126 Å². The van der Waals surface area contributed by atoms with E-state index in [1.165, 1.54) is 12.1 Å². The maximum atomic E-state index is 13.6. The van der Waals surface area contributed by atoms with Gasteiger partial charge in [0.1, 0.15) is 11.4 Å². The quantitative estimate of drug-likeness (QED) is 0.789. The van der Waals surface area contributed by atoms with E-state index in [1.807, 2.05) is 0 Å². The highest BCUT2D eigenvalue weighted by Crippen LogP contribution is 2.24. The molecule has 1 aromatic carbocycles. The molecule has 0 atom stereocenters. The lowest BCUT2D eigenvalue weighted by Crippen LogP contribution is -2.41. The van der Waals surface area contributed by atoms with Gasteiger partial charge in [-0.05, 0) is 32.9 Å². The van der Waals surface area contributed by atoms with Gasteiger partial charge in [0, 0.05) is 11.5 Å². The van der Waals surface area contributed by atoms with Crippen LogP contribution in [-0.2, 0) is 4.74 Å². The Hall–Kier alpha value is -1.57. The fraction of sp³-hybridized carbons (Fsp3) is 0.308. The molecule has 0 amide bonds. The van der Waals surface area contributed by atoms with E-state index in [-0.39, 0.29) is 16.1 Å². The van der Waals surface area contributed by atoms with Gasteiger partial charge < -0.3 is 14.8 Å². The molecule has 0 unspecified atom stereocenters. The normalized spacial score (nSPS) is 11.8. The molecule has 0 aliphatic heterocycles. The van der Waals surface area contributed by atoms with Crippen molar-refractivity contribution < 1.29 is 24.0 Å². The third kappa shape index (κ3) is 3.20. The van der Waals surface area contributed by atoms with Crippen LogP contribution in [0, 0.1) is 5.82 Å². The summed E-state index contributed by atoms with van der Waals surface area (Å²) in [7, 11) is -1.91. The van der Waals surface area contributed by atoms with Crippen molar-refractivity contribution in [3.8, 4) is 0 Å². The van der Waals surface area contributed by atoms with Gasteiger partial charge in [0.2, 0.25) is 0 Å². The molecule has 0 fully saturated rings. The van der Waals surface area contributed by atoms with E-state index in [9.17, 15) is 19.2 Å². The molecule has 21 heavy (non-hydrogen) atoms. The number of hydrogen-bond donors (Lipinski definition) is 2. The van der Waals surface area contributed by atoms with Gasteiger partial charge in [-0.1, -0.05) is 11.6 Å². The molecule has 0 saturated heterocycles. The third-order valence-corrected chi connectivity index (χ3v) is 3.00. The molecule has 5 nitrogen and oxygen atoms in total. The van der Waals surface area contributed by atoms with Gasteiger partial charge in [-0.15, -0.1) is 0 Å². The summed E-state index contributed by atoms with van der Waals surface area (Å²) >= 11 is 5.69. The predicted octanol–water partition coefficient (Wildman–Crippen LogP) is 1.90. The summed E-state index contributed by atoms with van der Waals surface area (Å²) < 4.78 is 19.7. The van der Waals surface area contributed by atoms with Gasteiger partial charge >= 0.3 is 13.2 Å². The van der Waals surface area contributed by atoms with Crippen molar-refractivity contribution in [2.24, 2.45) is 0 Å². The molecule has 1 aromatic heterocycles. The van der Waals surface area contributed by atoms with Crippen LogP contribution in [0.15, 0.2) is 18.2 Å². The first kappa shape index (κ1) is 15.8. The van der Waals surface area contributed by atoms with Crippen LogP contribution < -0.4 is 5.59 Å². The van der Waals surface area contributed by atoms with Gasteiger partial charge in [0.15, 0.2) is 0 Å². The van der Waals surface area contributed by atoms with Crippen molar-refractivity contribution in [3.05, 3.63) is 29.0 Å². The van der Waals surface area contributed by atoms with E-state index in [0.717, 1.165) is 10.6 Å². The van der Waals surface area contributed by atoms with E-state index in [4.69, 9.17) is 16.3 Å². The van der Waals surface area contributed by atoms with Crippen LogP contribution in [0.2, 0.25) is 5.02 Å². The lowest BCUT2D eigenvalue weighted by Gasteiger charge is -2.21. The summed E-state index contributed by atoms with van der Waals surface area (Å²) in [6.07, 6.45) is -0.831. The zero-order chi connectivity index (χ0) is 15.9. The van der Waals surface area contributed by atoms with Crippen molar-refractivity contribution in [2.75, 3.05) is 0 Å². The molecular weight excluding hydrogens is 299 g/mol. The van der Waals surface area contributed by atoms with Crippen molar-refractivity contribution in [1.82, 2.24) is 4.57 Å². The van der Waals surface area contributed by atoms with Crippen LogP contribution in [0.4, 0.5) is 9.18 Å². The molecule has 112 valence electrons. The molecule has 8 heteroatoms. The van der Waals surface area contributed by atoms with Crippen molar-refractivity contribution in [2.45, 2.75) is 26.4 Å². The second-order valence-electron chi connectivity index (χ2n) is 5.58. The maximum absolute atomic E-state index is 13.6. The fourth-order valence-corrected chi connectivity index (χ4v) is 2.10. The summed E-state index contributed by atoms with van der Waals surface area (Å²) in [4.78, 5) is 12.2. The summed E-state index contributed by atoms with van der Waals surface area (Å²) in [5.74, 6) is -0.717. The van der Waals surface area contributed by atoms with E-state index in [1.54, 1.807) is 20.8 Å². The van der Waals surface area contributed by atoms with Crippen LogP contribution in [0.1, 0.15) is 20.8 Å². The van der Waals surface area contributed by atoms with Gasteiger partial charge in [-0.25, -0.2) is 9.18 Å². The van der Waals surface area contributed by atoms with Crippen LogP contribution >= 0.6 is 11.6 Å². The van der Waals surface area contributed by atoms with Crippen LogP contribution in [0.25, 0.3) is 10.9 Å². The molecule has 2 aromatic rings. The zero-order valence-corrected chi connectivity index (χ0v) is 12.5. The minimum atomic E-state index is -1.91. The first-order chi connectivity index (χ1) is 9.60. The molecule has 0 aliphatic rings. The summed E-state index contributed by atoms with van der Waals surface area (Å²) in [5.41, 5.74) is -0.758. The molecular formula is C13H14BClFNO4.